The highest BCUT2D eigenvalue weighted by Gasteiger charge is 2.24. The average molecular weight is 282 g/mol. The maximum atomic E-state index is 11.8. The highest BCUT2D eigenvalue weighted by atomic mass is 32.1. The van der Waals surface area contributed by atoms with Crippen LogP contribution in [0, 0.1) is 0 Å². The lowest BCUT2D eigenvalue weighted by molar-refractivity contribution is 0.0956. The molecule has 0 aromatic carbocycles. The Morgan fingerprint density at radius 1 is 1.58 bits per heavy atom. The summed E-state index contributed by atoms with van der Waals surface area (Å²) >= 11 is 1.47. The molecule has 19 heavy (non-hydrogen) atoms. The lowest BCUT2D eigenvalue weighted by Crippen LogP contribution is -2.37. The molecule has 106 valence electrons. The average Bonchev–Trinajstić information content (AvgIpc) is 2.83. The van der Waals surface area contributed by atoms with Crippen LogP contribution in [0.4, 0.5) is 5.13 Å². The van der Waals surface area contributed by atoms with Crippen molar-refractivity contribution in [1.82, 2.24) is 10.4 Å². The van der Waals surface area contributed by atoms with E-state index in [4.69, 9.17) is 5.84 Å². The Morgan fingerprint density at radius 3 is 3.00 bits per heavy atom. The second-order valence-electron chi connectivity index (χ2n) is 5.03. The summed E-state index contributed by atoms with van der Waals surface area (Å²) < 4.78 is 0. The molecule has 5 nitrogen and oxygen atoms in total. The van der Waals surface area contributed by atoms with E-state index >= 15 is 0 Å². The van der Waals surface area contributed by atoms with Crippen molar-refractivity contribution >= 4 is 22.4 Å². The minimum atomic E-state index is -0.225. The van der Waals surface area contributed by atoms with Gasteiger partial charge in [-0.1, -0.05) is 24.7 Å². The molecule has 1 aliphatic rings. The van der Waals surface area contributed by atoms with Gasteiger partial charge in [-0.05, 0) is 32.6 Å². The second-order valence-corrected chi connectivity index (χ2v) is 6.01. The van der Waals surface area contributed by atoms with Crippen LogP contribution >= 0.6 is 11.3 Å². The van der Waals surface area contributed by atoms with E-state index in [1.54, 1.807) is 0 Å². The number of aryl methyl sites for hydroxylation is 1. The summed E-state index contributed by atoms with van der Waals surface area (Å²) in [5.74, 6) is 5.02. The predicted octanol–water partition coefficient (Wildman–Crippen LogP) is 2.08. The van der Waals surface area contributed by atoms with Gasteiger partial charge in [-0.25, -0.2) is 10.8 Å². The Morgan fingerprint density at radius 2 is 2.37 bits per heavy atom. The molecule has 1 aliphatic heterocycles. The Kier molecular flexibility index (Phi) is 4.76. The van der Waals surface area contributed by atoms with E-state index in [0.29, 0.717) is 10.9 Å². The Hall–Kier alpha value is -1.14. The highest BCUT2D eigenvalue weighted by Crippen LogP contribution is 2.31. The quantitative estimate of drug-likeness (QED) is 0.504. The van der Waals surface area contributed by atoms with Gasteiger partial charge in [0.15, 0.2) is 5.13 Å². The van der Waals surface area contributed by atoms with Gasteiger partial charge in [0.2, 0.25) is 0 Å². The van der Waals surface area contributed by atoms with Gasteiger partial charge in [0.1, 0.15) is 4.88 Å². The third-order valence-corrected chi connectivity index (χ3v) is 4.69. The summed E-state index contributed by atoms with van der Waals surface area (Å²) in [6.07, 6.45) is 5.47. The number of anilines is 1. The van der Waals surface area contributed by atoms with Gasteiger partial charge in [0.25, 0.3) is 5.91 Å². The fourth-order valence-electron chi connectivity index (χ4n) is 2.49. The van der Waals surface area contributed by atoms with Crippen molar-refractivity contribution in [2.45, 2.75) is 52.0 Å². The number of rotatable bonds is 4. The van der Waals surface area contributed by atoms with E-state index in [-0.39, 0.29) is 5.91 Å². The SMILES string of the molecule is CCCc1nc(N2CCCCC2C)sc1C(=O)NN. The summed E-state index contributed by atoms with van der Waals surface area (Å²) in [6, 6.07) is 0.503. The monoisotopic (exact) mass is 282 g/mol. The number of nitrogens with two attached hydrogens (primary N) is 1. The second kappa shape index (κ2) is 6.34. The number of nitrogens with zero attached hydrogens (tertiary/aromatic N) is 2. The lowest BCUT2D eigenvalue weighted by atomic mass is 10.0. The molecule has 1 aromatic heterocycles. The van der Waals surface area contributed by atoms with Gasteiger partial charge in [-0.15, -0.1) is 0 Å². The van der Waals surface area contributed by atoms with Gasteiger partial charge in [0, 0.05) is 12.6 Å². The third kappa shape index (κ3) is 3.06. The molecule has 2 heterocycles. The number of hydrogen-bond acceptors (Lipinski definition) is 5. The van der Waals surface area contributed by atoms with Gasteiger partial charge >= 0.3 is 0 Å². The minimum Gasteiger partial charge on any atom is -0.345 e. The number of nitrogen functional groups attached to an aromatic ring is 1. The topological polar surface area (TPSA) is 71.2 Å². The molecule has 1 unspecified atom stereocenters. The number of hydrogen-bond donors (Lipinski definition) is 2. The maximum Gasteiger partial charge on any atom is 0.277 e. The lowest BCUT2D eigenvalue weighted by Gasteiger charge is -2.33. The van der Waals surface area contributed by atoms with E-state index in [1.165, 1.54) is 30.6 Å². The largest absolute Gasteiger partial charge is 0.345 e. The number of amides is 1. The highest BCUT2D eigenvalue weighted by molar-refractivity contribution is 7.17. The van der Waals surface area contributed by atoms with Crippen LogP contribution in [0.1, 0.15) is 54.9 Å². The van der Waals surface area contributed by atoms with Crippen LogP contribution in [0.5, 0.6) is 0 Å². The zero-order valence-electron chi connectivity index (χ0n) is 11.6. The third-order valence-electron chi connectivity index (χ3n) is 3.56. The van der Waals surface area contributed by atoms with Crippen molar-refractivity contribution in [3.05, 3.63) is 10.6 Å². The molecule has 0 radical (unpaired) electrons. The molecular formula is C13H22N4OS. The minimum absolute atomic E-state index is 0.225. The number of nitrogens with one attached hydrogen (secondary N) is 1. The first-order valence-corrected chi connectivity index (χ1v) is 7.76. The maximum absolute atomic E-state index is 11.8. The number of carbonyl (C=O) groups excluding carboxylic acids is 1. The molecule has 0 aliphatic carbocycles. The Balaban J connectivity index is 2.28. The van der Waals surface area contributed by atoms with Crippen LogP contribution in [-0.2, 0) is 6.42 Å². The molecule has 2 rings (SSSR count). The summed E-state index contributed by atoms with van der Waals surface area (Å²) in [5.41, 5.74) is 3.10. The molecule has 0 saturated carbocycles. The molecule has 0 spiro atoms. The first-order valence-electron chi connectivity index (χ1n) is 6.94. The fourth-order valence-corrected chi connectivity index (χ4v) is 3.64. The zero-order valence-corrected chi connectivity index (χ0v) is 12.4. The Bertz CT molecular complexity index is 446. The number of thiazole rings is 1. The summed E-state index contributed by atoms with van der Waals surface area (Å²) in [4.78, 5) is 19.5. The van der Waals surface area contributed by atoms with E-state index in [0.717, 1.165) is 30.2 Å². The predicted molar refractivity (Wildman–Crippen MR) is 78.4 cm³/mol. The summed E-state index contributed by atoms with van der Waals surface area (Å²) in [7, 11) is 0. The number of aromatic nitrogens is 1. The van der Waals surface area contributed by atoms with Crippen molar-refractivity contribution in [1.29, 1.82) is 0 Å². The van der Waals surface area contributed by atoms with Crippen LogP contribution in [0.2, 0.25) is 0 Å². The molecule has 6 heteroatoms. The van der Waals surface area contributed by atoms with Crippen LogP contribution in [-0.4, -0.2) is 23.5 Å². The first kappa shape index (κ1) is 14.3. The van der Waals surface area contributed by atoms with Crippen molar-refractivity contribution < 1.29 is 4.79 Å². The molecule has 1 atom stereocenters. The number of piperidine rings is 1. The van der Waals surface area contributed by atoms with Crippen LogP contribution in [0.25, 0.3) is 0 Å². The molecule has 1 saturated heterocycles. The first-order chi connectivity index (χ1) is 9.17. The van der Waals surface area contributed by atoms with Crippen molar-refractivity contribution in [2.75, 3.05) is 11.4 Å². The summed E-state index contributed by atoms with van der Waals surface area (Å²) in [5, 5.41) is 0.967. The Labute approximate surface area is 118 Å². The molecule has 1 aromatic rings. The normalized spacial score (nSPS) is 19.5. The van der Waals surface area contributed by atoms with Crippen LogP contribution in [0.3, 0.4) is 0 Å². The molecule has 0 bridgehead atoms. The van der Waals surface area contributed by atoms with Gasteiger partial charge in [-0.3, -0.25) is 10.2 Å². The summed E-state index contributed by atoms with van der Waals surface area (Å²) in [6.45, 7) is 5.35. The van der Waals surface area contributed by atoms with Gasteiger partial charge in [0.05, 0.1) is 5.69 Å². The van der Waals surface area contributed by atoms with Crippen molar-refractivity contribution in [2.24, 2.45) is 5.84 Å². The molecular weight excluding hydrogens is 260 g/mol. The fraction of sp³-hybridized carbons (Fsp3) is 0.692. The van der Waals surface area contributed by atoms with Gasteiger partial charge < -0.3 is 4.90 Å². The molecule has 1 amide bonds. The van der Waals surface area contributed by atoms with E-state index < -0.39 is 0 Å². The molecule has 1 fully saturated rings. The van der Waals surface area contributed by atoms with Gasteiger partial charge in [-0.2, -0.15) is 0 Å². The standard InChI is InChI=1S/C13H22N4OS/c1-3-6-10-11(12(18)16-14)19-13(15-10)17-8-5-4-7-9(17)2/h9H,3-8,14H2,1-2H3,(H,16,18). The van der Waals surface area contributed by atoms with E-state index in [1.807, 2.05) is 0 Å². The van der Waals surface area contributed by atoms with Crippen molar-refractivity contribution in [3.63, 3.8) is 0 Å². The zero-order chi connectivity index (χ0) is 13.8. The number of carbonyl (C=O) groups is 1. The number of hydrazine groups is 1. The van der Waals surface area contributed by atoms with E-state index in [2.05, 4.69) is 29.2 Å². The van der Waals surface area contributed by atoms with E-state index in [9.17, 15) is 4.79 Å². The smallest absolute Gasteiger partial charge is 0.277 e. The van der Waals surface area contributed by atoms with Crippen molar-refractivity contribution in [3.8, 4) is 0 Å². The molecule has 3 N–H and O–H groups in total. The van der Waals surface area contributed by atoms with Crippen LogP contribution in [0.15, 0.2) is 0 Å². The van der Waals surface area contributed by atoms with Crippen LogP contribution < -0.4 is 16.2 Å².